The topological polar surface area (TPSA) is 9.23 Å². The van der Waals surface area contributed by atoms with Crippen molar-refractivity contribution in [2.45, 2.75) is 6.92 Å². The molecule has 1 nitrogen and oxygen atoms in total. The fraction of sp³-hybridized carbons (Fsp3) is 0.333. The Morgan fingerprint density at radius 3 is 2.83 bits per heavy atom. The van der Waals surface area contributed by atoms with Gasteiger partial charge in [0.15, 0.2) is 0 Å². The molecule has 0 bridgehead atoms. The third-order valence-corrected chi connectivity index (χ3v) is 1.71. The quantitative estimate of drug-likeness (QED) is 0.709. The molecule has 0 N–H and O–H groups in total. The van der Waals surface area contributed by atoms with Crippen molar-refractivity contribution in [1.82, 2.24) is 0 Å². The molecule has 0 unspecified atom stereocenters. The lowest BCUT2D eigenvalue weighted by atomic mass is 10.2. The zero-order valence-electron chi connectivity index (χ0n) is 6.81. The summed E-state index contributed by atoms with van der Waals surface area (Å²) in [5.74, 6) is 0.692. The summed E-state index contributed by atoms with van der Waals surface area (Å²) in [5, 5.41) is 0.667. The summed E-state index contributed by atoms with van der Waals surface area (Å²) in [4.78, 5) is 0. The Kier molecular flexibility index (Phi) is 3.35. The molecule has 0 spiro atoms. The van der Waals surface area contributed by atoms with Crippen LogP contribution in [-0.4, -0.2) is 13.3 Å². The molecule has 0 aromatic heterocycles. The van der Waals surface area contributed by atoms with Crippen LogP contribution in [0.4, 0.5) is 4.39 Å². The SMILES string of the molecule is Cc1cc(Cl)ccc1OCCF. The summed E-state index contributed by atoms with van der Waals surface area (Å²) in [5.41, 5.74) is 0.927. The molecule has 1 rings (SSSR count). The monoisotopic (exact) mass is 188 g/mol. The summed E-state index contributed by atoms with van der Waals surface area (Å²) in [6.07, 6.45) is 0. The van der Waals surface area contributed by atoms with Gasteiger partial charge in [-0.25, -0.2) is 4.39 Å². The Hall–Kier alpha value is -0.760. The van der Waals surface area contributed by atoms with E-state index in [1.54, 1.807) is 18.2 Å². The minimum Gasteiger partial charge on any atom is -0.491 e. The van der Waals surface area contributed by atoms with Crippen molar-refractivity contribution in [1.29, 1.82) is 0 Å². The molecule has 12 heavy (non-hydrogen) atoms. The molecule has 0 aliphatic carbocycles. The van der Waals surface area contributed by atoms with Gasteiger partial charge < -0.3 is 4.74 Å². The fourth-order valence-electron chi connectivity index (χ4n) is 0.923. The summed E-state index contributed by atoms with van der Waals surface area (Å²) < 4.78 is 16.8. The minimum absolute atomic E-state index is 0.0997. The molecule has 3 heteroatoms. The lowest BCUT2D eigenvalue weighted by Gasteiger charge is -2.06. The number of hydrogen-bond acceptors (Lipinski definition) is 1. The highest BCUT2D eigenvalue weighted by molar-refractivity contribution is 6.30. The van der Waals surface area contributed by atoms with Crippen LogP contribution in [-0.2, 0) is 0 Å². The molecule has 66 valence electrons. The van der Waals surface area contributed by atoms with E-state index >= 15 is 0 Å². The second-order valence-electron chi connectivity index (χ2n) is 2.45. The van der Waals surface area contributed by atoms with E-state index < -0.39 is 6.67 Å². The predicted octanol–water partition coefficient (Wildman–Crippen LogP) is 3.00. The molecule has 0 radical (unpaired) electrons. The molecule has 0 heterocycles. The van der Waals surface area contributed by atoms with Gasteiger partial charge in [-0.05, 0) is 30.7 Å². The van der Waals surface area contributed by atoms with E-state index in [1.807, 2.05) is 6.92 Å². The van der Waals surface area contributed by atoms with Crippen LogP contribution in [0.2, 0.25) is 5.02 Å². The van der Waals surface area contributed by atoms with E-state index in [0.717, 1.165) is 5.56 Å². The van der Waals surface area contributed by atoms with Crippen molar-refractivity contribution in [3.05, 3.63) is 28.8 Å². The molecule has 0 saturated heterocycles. The van der Waals surface area contributed by atoms with Crippen LogP contribution in [0.5, 0.6) is 5.75 Å². The van der Waals surface area contributed by atoms with Crippen LogP contribution in [0, 0.1) is 6.92 Å². The third-order valence-electron chi connectivity index (χ3n) is 1.47. The lowest BCUT2D eigenvalue weighted by Crippen LogP contribution is -1.99. The maximum Gasteiger partial charge on any atom is 0.123 e. The van der Waals surface area contributed by atoms with Gasteiger partial charge in [-0.3, -0.25) is 0 Å². The zero-order chi connectivity index (χ0) is 8.97. The van der Waals surface area contributed by atoms with E-state index in [4.69, 9.17) is 16.3 Å². The highest BCUT2D eigenvalue weighted by atomic mass is 35.5. The first-order valence-electron chi connectivity index (χ1n) is 3.69. The van der Waals surface area contributed by atoms with Crippen LogP contribution in [0.25, 0.3) is 0 Å². The largest absolute Gasteiger partial charge is 0.491 e. The highest BCUT2D eigenvalue weighted by Gasteiger charge is 1.98. The van der Waals surface area contributed by atoms with Crippen molar-refractivity contribution in [2.24, 2.45) is 0 Å². The molecule has 1 aromatic rings. The highest BCUT2D eigenvalue weighted by Crippen LogP contribution is 2.21. The third kappa shape index (κ3) is 2.38. The number of hydrogen-bond donors (Lipinski definition) is 0. The molecule has 0 fully saturated rings. The van der Waals surface area contributed by atoms with E-state index in [9.17, 15) is 4.39 Å². The number of benzene rings is 1. The predicted molar refractivity (Wildman–Crippen MR) is 47.7 cm³/mol. The first kappa shape index (κ1) is 9.33. The van der Waals surface area contributed by atoms with E-state index in [-0.39, 0.29) is 6.61 Å². The second-order valence-corrected chi connectivity index (χ2v) is 2.88. The smallest absolute Gasteiger partial charge is 0.123 e. The van der Waals surface area contributed by atoms with Crippen LogP contribution in [0.1, 0.15) is 5.56 Å². The molecular weight excluding hydrogens is 179 g/mol. The van der Waals surface area contributed by atoms with E-state index in [1.165, 1.54) is 0 Å². The number of halogens is 2. The van der Waals surface area contributed by atoms with Crippen LogP contribution in [0.3, 0.4) is 0 Å². The molecule has 1 aromatic carbocycles. The van der Waals surface area contributed by atoms with Gasteiger partial charge in [-0.2, -0.15) is 0 Å². The summed E-state index contributed by atoms with van der Waals surface area (Å²) in [6, 6.07) is 5.25. The van der Waals surface area contributed by atoms with Crippen molar-refractivity contribution in [3.63, 3.8) is 0 Å². The summed E-state index contributed by atoms with van der Waals surface area (Å²) in [7, 11) is 0. The van der Waals surface area contributed by atoms with E-state index in [2.05, 4.69) is 0 Å². The average Bonchev–Trinajstić information content (AvgIpc) is 2.03. The van der Waals surface area contributed by atoms with Gasteiger partial charge in [-0.1, -0.05) is 11.6 Å². The number of aryl methyl sites for hydroxylation is 1. The Balaban J connectivity index is 2.72. The van der Waals surface area contributed by atoms with Crippen molar-refractivity contribution in [3.8, 4) is 5.75 Å². The van der Waals surface area contributed by atoms with Gasteiger partial charge in [0.1, 0.15) is 19.0 Å². The Bertz CT molecular complexity index is 263. The van der Waals surface area contributed by atoms with Gasteiger partial charge in [0.05, 0.1) is 0 Å². The van der Waals surface area contributed by atoms with Crippen LogP contribution >= 0.6 is 11.6 Å². The normalized spacial score (nSPS) is 9.92. The number of rotatable bonds is 3. The van der Waals surface area contributed by atoms with Gasteiger partial charge in [-0.15, -0.1) is 0 Å². The maximum atomic E-state index is 11.7. The standard InChI is InChI=1S/C9H10ClFO/c1-7-6-8(10)2-3-9(7)12-5-4-11/h2-3,6H,4-5H2,1H3. The molecule has 0 aliphatic rings. The van der Waals surface area contributed by atoms with Crippen molar-refractivity contribution >= 4 is 11.6 Å². The zero-order valence-corrected chi connectivity index (χ0v) is 7.57. The summed E-state index contributed by atoms with van der Waals surface area (Å²) >= 11 is 5.72. The van der Waals surface area contributed by atoms with Gasteiger partial charge in [0.25, 0.3) is 0 Å². The summed E-state index contributed by atoms with van der Waals surface area (Å²) in [6.45, 7) is 1.50. The first-order valence-corrected chi connectivity index (χ1v) is 4.07. The molecule has 0 amide bonds. The Morgan fingerprint density at radius 2 is 2.25 bits per heavy atom. The van der Waals surface area contributed by atoms with Crippen LogP contribution < -0.4 is 4.74 Å². The van der Waals surface area contributed by atoms with Crippen LogP contribution in [0.15, 0.2) is 18.2 Å². The Morgan fingerprint density at radius 1 is 1.50 bits per heavy atom. The molecular formula is C9H10ClFO. The molecule has 0 saturated carbocycles. The van der Waals surface area contributed by atoms with Gasteiger partial charge >= 0.3 is 0 Å². The Labute approximate surface area is 76.1 Å². The minimum atomic E-state index is -0.470. The second kappa shape index (κ2) is 4.31. The maximum absolute atomic E-state index is 11.7. The van der Waals surface area contributed by atoms with Gasteiger partial charge in [0.2, 0.25) is 0 Å². The number of alkyl halides is 1. The molecule has 0 aliphatic heterocycles. The lowest BCUT2D eigenvalue weighted by molar-refractivity contribution is 0.272. The van der Waals surface area contributed by atoms with E-state index in [0.29, 0.717) is 10.8 Å². The fourth-order valence-corrected chi connectivity index (χ4v) is 1.15. The molecule has 0 atom stereocenters. The van der Waals surface area contributed by atoms with Gasteiger partial charge in [0, 0.05) is 5.02 Å². The van der Waals surface area contributed by atoms with Crippen molar-refractivity contribution in [2.75, 3.05) is 13.3 Å². The van der Waals surface area contributed by atoms with Crippen molar-refractivity contribution < 1.29 is 9.13 Å². The first-order chi connectivity index (χ1) is 5.74. The number of ether oxygens (including phenoxy) is 1. The average molecular weight is 189 g/mol.